The summed E-state index contributed by atoms with van der Waals surface area (Å²) in [5.74, 6) is -0.819. The third-order valence-corrected chi connectivity index (χ3v) is 4.35. The minimum atomic E-state index is -1.72. The van der Waals surface area contributed by atoms with Gasteiger partial charge in [0.25, 0.3) is 0 Å². The number of ether oxygens (including phenoxy) is 4. The Morgan fingerprint density at radius 1 is 1.17 bits per heavy atom. The lowest BCUT2D eigenvalue weighted by molar-refractivity contribution is -0.368. The molecule has 3 rings (SSSR count). The Morgan fingerprint density at radius 2 is 1.91 bits per heavy atom. The fourth-order valence-corrected chi connectivity index (χ4v) is 3.16. The van der Waals surface area contributed by atoms with Gasteiger partial charge in [-0.3, -0.25) is 0 Å². The van der Waals surface area contributed by atoms with Crippen molar-refractivity contribution in [2.24, 2.45) is 0 Å². The molecule has 23 heavy (non-hydrogen) atoms. The van der Waals surface area contributed by atoms with Crippen molar-refractivity contribution in [3.05, 3.63) is 23.3 Å². The summed E-state index contributed by atoms with van der Waals surface area (Å²) in [7, 11) is 2.96. The third kappa shape index (κ3) is 2.30. The Labute approximate surface area is 132 Å². The first kappa shape index (κ1) is 16.4. The van der Waals surface area contributed by atoms with E-state index in [0.717, 1.165) is 0 Å². The highest BCUT2D eigenvalue weighted by atomic mass is 16.7. The van der Waals surface area contributed by atoms with Crippen molar-refractivity contribution in [1.29, 1.82) is 0 Å². The van der Waals surface area contributed by atoms with Crippen molar-refractivity contribution < 1.29 is 39.4 Å². The van der Waals surface area contributed by atoms with Gasteiger partial charge < -0.3 is 39.4 Å². The quantitative estimate of drug-likeness (QED) is 0.550. The van der Waals surface area contributed by atoms with Gasteiger partial charge in [0, 0.05) is 6.07 Å². The molecule has 2 aliphatic heterocycles. The number of hydrogen-bond acceptors (Lipinski definition) is 8. The van der Waals surface area contributed by atoms with E-state index in [1.54, 1.807) is 12.1 Å². The number of aliphatic hydroxyl groups is 4. The Bertz CT molecular complexity index is 589. The summed E-state index contributed by atoms with van der Waals surface area (Å²) in [6.45, 7) is -0.440. The summed E-state index contributed by atoms with van der Waals surface area (Å²) in [6, 6.07) is 3.32. The molecule has 0 radical (unpaired) electrons. The Kier molecular flexibility index (Phi) is 4.21. The van der Waals surface area contributed by atoms with Crippen molar-refractivity contribution in [1.82, 2.24) is 0 Å². The van der Waals surface area contributed by atoms with Gasteiger partial charge in [-0.25, -0.2) is 0 Å². The average Bonchev–Trinajstić information content (AvgIpc) is 2.95. The molecule has 0 unspecified atom stereocenters. The second-order valence-corrected chi connectivity index (χ2v) is 5.58. The molecule has 8 nitrogen and oxygen atoms in total. The van der Waals surface area contributed by atoms with Crippen LogP contribution < -0.4 is 9.47 Å². The highest BCUT2D eigenvalue weighted by Crippen LogP contribution is 2.50. The minimum Gasteiger partial charge on any atom is -0.497 e. The average molecular weight is 328 g/mol. The molecule has 4 N–H and O–H groups in total. The highest BCUT2D eigenvalue weighted by molar-refractivity contribution is 5.51. The maximum absolute atomic E-state index is 10.5. The zero-order valence-electron chi connectivity index (χ0n) is 12.8. The van der Waals surface area contributed by atoms with Gasteiger partial charge in [-0.2, -0.15) is 0 Å². The second-order valence-electron chi connectivity index (χ2n) is 5.58. The van der Waals surface area contributed by atoms with E-state index in [0.29, 0.717) is 22.6 Å². The topological polar surface area (TPSA) is 118 Å². The van der Waals surface area contributed by atoms with Crippen molar-refractivity contribution in [2.45, 2.75) is 36.8 Å². The van der Waals surface area contributed by atoms with E-state index in [9.17, 15) is 20.4 Å². The molecule has 8 heteroatoms. The van der Waals surface area contributed by atoms with Crippen LogP contribution in [0.2, 0.25) is 0 Å². The smallest absolute Gasteiger partial charge is 0.229 e. The lowest BCUT2D eigenvalue weighted by Gasteiger charge is -2.46. The van der Waals surface area contributed by atoms with Crippen molar-refractivity contribution in [2.75, 3.05) is 20.8 Å². The molecule has 2 heterocycles. The zero-order valence-corrected chi connectivity index (χ0v) is 12.8. The Balaban J connectivity index is 2.12. The van der Waals surface area contributed by atoms with Gasteiger partial charge in [0.1, 0.15) is 35.9 Å². The number of aliphatic hydroxyl groups excluding tert-OH is 4. The van der Waals surface area contributed by atoms with E-state index in [1.165, 1.54) is 14.2 Å². The summed E-state index contributed by atoms with van der Waals surface area (Å²) in [5.41, 5.74) is 1.08. The van der Waals surface area contributed by atoms with E-state index in [2.05, 4.69) is 0 Å². The molecule has 1 spiro atoms. The molecule has 5 atom stereocenters. The number of rotatable bonds is 3. The van der Waals surface area contributed by atoms with E-state index < -0.39 is 36.8 Å². The Hall–Kier alpha value is -1.42. The third-order valence-electron chi connectivity index (χ3n) is 4.35. The standard InChI is InChI=1S/C15H20O8/c1-20-8-3-7-6-22-15(11(7)9(4-8)21-2)14(19)13(18)12(17)10(5-16)23-15/h3-4,10,12-14,16-19H,5-6H2,1-2H3/t10-,12-,13-,14-,15+/m1/s1. The molecule has 2 aliphatic rings. The fourth-order valence-electron chi connectivity index (χ4n) is 3.16. The maximum Gasteiger partial charge on any atom is 0.229 e. The number of fused-ring (bicyclic) bond motifs is 2. The van der Waals surface area contributed by atoms with Crippen molar-refractivity contribution >= 4 is 0 Å². The van der Waals surface area contributed by atoms with E-state index in [-0.39, 0.29) is 6.61 Å². The van der Waals surface area contributed by atoms with Crippen LogP contribution in [0.1, 0.15) is 11.1 Å². The molecule has 1 aromatic rings. The van der Waals surface area contributed by atoms with Crippen LogP contribution in [0, 0.1) is 0 Å². The monoisotopic (exact) mass is 328 g/mol. The van der Waals surface area contributed by atoms with Crippen LogP contribution in [-0.2, 0) is 21.9 Å². The Morgan fingerprint density at radius 3 is 2.52 bits per heavy atom. The second kappa shape index (κ2) is 5.90. The molecule has 0 amide bonds. The van der Waals surface area contributed by atoms with E-state index in [1.807, 2.05) is 0 Å². The van der Waals surface area contributed by atoms with Crippen LogP contribution >= 0.6 is 0 Å². The van der Waals surface area contributed by atoms with Gasteiger partial charge in [-0.05, 0) is 11.6 Å². The first-order chi connectivity index (χ1) is 11.0. The minimum absolute atomic E-state index is 0.0981. The lowest BCUT2D eigenvalue weighted by Crippen LogP contribution is -2.63. The molecule has 0 aliphatic carbocycles. The molecular weight excluding hydrogens is 308 g/mol. The first-order valence-corrected chi connectivity index (χ1v) is 7.20. The van der Waals surface area contributed by atoms with E-state index in [4.69, 9.17) is 18.9 Å². The van der Waals surface area contributed by atoms with Gasteiger partial charge in [0.05, 0.1) is 33.0 Å². The summed E-state index contributed by atoms with van der Waals surface area (Å²) in [5, 5.41) is 39.9. The molecule has 1 aromatic carbocycles. The van der Waals surface area contributed by atoms with Crippen LogP contribution in [0.15, 0.2) is 12.1 Å². The maximum atomic E-state index is 10.5. The molecule has 0 aromatic heterocycles. The van der Waals surface area contributed by atoms with Gasteiger partial charge in [-0.1, -0.05) is 0 Å². The summed E-state index contributed by atoms with van der Waals surface area (Å²) in [6.07, 6.45) is -5.63. The van der Waals surface area contributed by atoms with Crippen molar-refractivity contribution in [3.63, 3.8) is 0 Å². The predicted octanol–water partition coefficient (Wildman–Crippen LogP) is -1.14. The normalized spacial score (nSPS) is 36.1. The summed E-state index contributed by atoms with van der Waals surface area (Å²) < 4.78 is 21.9. The van der Waals surface area contributed by atoms with E-state index >= 15 is 0 Å². The van der Waals surface area contributed by atoms with Gasteiger partial charge >= 0.3 is 0 Å². The van der Waals surface area contributed by atoms with Crippen LogP contribution in [0.3, 0.4) is 0 Å². The summed E-state index contributed by atoms with van der Waals surface area (Å²) in [4.78, 5) is 0. The molecular formula is C15H20O8. The predicted molar refractivity (Wildman–Crippen MR) is 76.0 cm³/mol. The lowest BCUT2D eigenvalue weighted by atomic mass is 9.87. The fraction of sp³-hybridized carbons (Fsp3) is 0.600. The van der Waals surface area contributed by atoms with Crippen LogP contribution in [0.25, 0.3) is 0 Å². The molecule has 128 valence electrons. The van der Waals surface area contributed by atoms with Gasteiger partial charge in [0.2, 0.25) is 5.79 Å². The molecule has 1 fully saturated rings. The van der Waals surface area contributed by atoms with Crippen molar-refractivity contribution in [3.8, 4) is 11.5 Å². The SMILES string of the molecule is COc1cc2c(c(OC)c1)[C@]1(OC2)O[C@H](CO)[C@@H](O)[C@@H](O)[C@H]1O. The molecule has 0 saturated carbocycles. The first-order valence-electron chi connectivity index (χ1n) is 7.20. The number of hydrogen-bond donors (Lipinski definition) is 4. The zero-order chi connectivity index (χ0) is 16.8. The van der Waals surface area contributed by atoms with Gasteiger partial charge in [-0.15, -0.1) is 0 Å². The highest BCUT2D eigenvalue weighted by Gasteiger charge is 2.59. The largest absolute Gasteiger partial charge is 0.497 e. The number of methoxy groups -OCH3 is 2. The van der Waals surface area contributed by atoms with Gasteiger partial charge in [0.15, 0.2) is 0 Å². The summed E-state index contributed by atoms with van der Waals surface area (Å²) >= 11 is 0. The molecule has 1 saturated heterocycles. The van der Waals surface area contributed by atoms with Crippen LogP contribution in [0.4, 0.5) is 0 Å². The van der Waals surface area contributed by atoms with Crippen LogP contribution in [0.5, 0.6) is 11.5 Å². The van der Waals surface area contributed by atoms with Crippen LogP contribution in [-0.4, -0.2) is 65.7 Å². The number of benzene rings is 1. The molecule has 0 bridgehead atoms.